The van der Waals surface area contributed by atoms with Crippen LogP contribution in [0.5, 0.6) is 0 Å². The second-order valence-electron chi connectivity index (χ2n) is 4.11. The van der Waals surface area contributed by atoms with Crippen molar-refractivity contribution in [3.05, 3.63) is 0 Å². The van der Waals surface area contributed by atoms with Gasteiger partial charge in [0.25, 0.3) is 0 Å². The van der Waals surface area contributed by atoms with E-state index in [1.807, 2.05) is 13.8 Å². The molecule has 0 saturated carbocycles. The van der Waals surface area contributed by atoms with Crippen molar-refractivity contribution in [3.8, 4) is 0 Å². The van der Waals surface area contributed by atoms with Gasteiger partial charge in [-0.1, -0.05) is 0 Å². The molecule has 1 atom stereocenters. The van der Waals surface area contributed by atoms with Gasteiger partial charge in [0.1, 0.15) is 5.60 Å². The predicted molar refractivity (Wildman–Crippen MR) is 49.5 cm³/mol. The highest BCUT2D eigenvalue weighted by atomic mass is 16.6. The van der Waals surface area contributed by atoms with Crippen LogP contribution in [0.1, 0.15) is 33.6 Å². The third kappa shape index (κ3) is 2.72. The fourth-order valence-corrected chi connectivity index (χ4v) is 1.66. The van der Waals surface area contributed by atoms with Gasteiger partial charge in [-0.25, -0.2) is 0 Å². The molecule has 1 saturated heterocycles. The molecule has 0 spiro atoms. The van der Waals surface area contributed by atoms with Crippen molar-refractivity contribution in [2.24, 2.45) is 5.92 Å². The maximum absolute atomic E-state index is 11.0. The van der Waals surface area contributed by atoms with Crippen LogP contribution in [-0.4, -0.2) is 24.1 Å². The maximum Gasteiger partial charge on any atom is 0.306 e. The molecule has 1 aliphatic heterocycles. The molecule has 14 heavy (non-hydrogen) atoms. The van der Waals surface area contributed by atoms with E-state index in [1.54, 1.807) is 0 Å². The van der Waals surface area contributed by atoms with Gasteiger partial charge in [0.05, 0.1) is 13.0 Å². The number of hydrogen-bond donors (Lipinski definition) is 0. The highest BCUT2D eigenvalue weighted by molar-refractivity contribution is 5.72. The number of esters is 2. The predicted octanol–water partition coefficient (Wildman–Crippen LogP) is 1.28. The van der Waals surface area contributed by atoms with E-state index in [2.05, 4.69) is 0 Å². The van der Waals surface area contributed by atoms with Crippen molar-refractivity contribution >= 4 is 11.9 Å². The minimum absolute atomic E-state index is 0.148. The quantitative estimate of drug-likeness (QED) is 0.644. The molecule has 1 fully saturated rings. The van der Waals surface area contributed by atoms with Gasteiger partial charge in [-0.15, -0.1) is 0 Å². The zero-order valence-corrected chi connectivity index (χ0v) is 8.83. The van der Waals surface area contributed by atoms with E-state index in [0.29, 0.717) is 19.4 Å². The van der Waals surface area contributed by atoms with Crippen LogP contribution in [0.2, 0.25) is 0 Å². The average molecular weight is 200 g/mol. The number of rotatable bonds is 3. The van der Waals surface area contributed by atoms with Crippen LogP contribution in [0.3, 0.4) is 0 Å². The highest BCUT2D eigenvalue weighted by Crippen LogP contribution is 2.34. The van der Waals surface area contributed by atoms with Crippen molar-refractivity contribution in [2.45, 2.75) is 39.2 Å². The summed E-state index contributed by atoms with van der Waals surface area (Å²) >= 11 is 0. The van der Waals surface area contributed by atoms with E-state index < -0.39 is 5.60 Å². The van der Waals surface area contributed by atoms with Crippen molar-refractivity contribution in [1.82, 2.24) is 0 Å². The van der Waals surface area contributed by atoms with E-state index in [1.165, 1.54) is 6.92 Å². The second-order valence-corrected chi connectivity index (χ2v) is 4.11. The molecule has 0 radical (unpaired) electrons. The Bertz CT molecular complexity index is 245. The first kappa shape index (κ1) is 11.0. The zero-order chi connectivity index (χ0) is 10.8. The summed E-state index contributed by atoms with van der Waals surface area (Å²) in [5.41, 5.74) is -0.419. The molecule has 0 bridgehead atoms. The number of ether oxygens (including phenoxy) is 2. The lowest BCUT2D eigenvalue weighted by atomic mass is 9.88. The van der Waals surface area contributed by atoms with E-state index in [4.69, 9.17) is 9.47 Å². The average Bonchev–Trinajstić information content (AvgIpc) is 2.24. The standard InChI is InChI=1S/C10H16O4/c1-7(11)13-5-4-8-6-9(12)14-10(8,2)3/h8H,4-6H2,1-3H3. The number of hydrogen-bond acceptors (Lipinski definition) is 4. The van der Waals surface area contributed by atoms with Crippen molar-refractivity contribution in [2.75, 3.05) is 6.61 Å². The number of cyclic esters (lactones) is 1. The topological polar surface area (TPSA) is 52.6 Å². The third-order valence-electron chi connectivity index (χ3n) is 2.54. The molecule has 0 aromatic heterocycles. The fraction of sp³-hybridized carbons (Fsp3) is 0.800. The Morgan fingerprint density at radius 3 is 2.71 bits per heavy atom. The number of carbonyl (C=O) groups is 2. The molecular formula is C10H16O4. The minimum atomic E-state index is -0.419. The Hall–Kier alpha value is -1.06. The van der Waals surface area contributed by atoms with Gasteiger partial charge in [-0.3, -0.25) is 9.59 Å². The second kappa shape index (κ2) is 3.98. The van der Waals surface area contributed by atoms with E-state index >= 15 is 0 Å². The molecule has 1 rings (SSSR count). The highest BCUT2D eigenvalue weighted by Gasteiger charge is 2.41. The molecule has 0 N–H and O–H groups in total. The smallest absolute Gasteiger partial charge is 0.306 e. The first-order chi connectivity index (χ1) is 6.42. The Morgan fingerprint density at radius 1 is 1.64 bits per heavy atom. The van der Waals surface area contributed by atoms with Gasteiger partial charge in [0, 0.05) is 12.8 Å². The fourth-order valence-electron chi connectivity index (χ4n) is 1.66. The summed E-state index contributed by atoms with van der Waals surface area (Å²) in [4.78, 5) is 21.6. The summed E-state index contributed by atoms with van der Waals surface area (Å²) in [5.74, 6) is -0.301. The zero-order valence-electron chi connectivity index (χ0n) is 8.83. The van der Waals surface area contributed by atoms with Crippen LogP contribution in [0.15, 0.2) is 0 Å². The largest absolute Gasteiger partial charge is 0.466 e. The van der Waals surface area contributed by atoms with E-state index in [0.717, 1.165) is 0 Å². The van der Waals surface area contributed by atoms with Gasteiger partial charge in [-0.2, -0.15) is 0 Å². The SMILES string of the molecule is CC(=O)OCCC1CC(=O)OC1(C)C. The summed E-state index contributed by atoms with van der Waals surface area (Å²) in [6.45, 7) is 5.51. The first-order valence-electron chi connectivity index (χ1n) is 4.77. The van der Waals surface area contributed by atoms with Crippen LogP contribution in [0, 0.1) is 5.92 Å². The lowest BCUT2D eigenvalue weighted by molar-refractivity contribution is -0.147. The Balaban J connectivity index is 2.37. The summed E-state index contributed by atoms with van der Waals surface area (Å²) < 4.78 is 9.97. The normalized spacial score (nSPS) is 24.5. The third-order valence-corrected chi connectivity index (χ3v) is 2.54. The lowest BCUT2D eigenvalue weighted by Gasteiger charge is -2.24. The molecule has 0 aliphatic carbocycles. The molecule has 0 aromatic carbocycles. The molecule has 0 aromatic rings. The Morgan fingerprint density at radius 2 is 2.29 bits per heavy atom. The Labute approximate surface area is 83.6 Å². The van der Waals surface area contributed by atoms with Crippen LogP contribution >= 0.6 is 0 Å². The molecule has 0 amide bonds. The summed E-state index contributed by atoms with van der Waals surface area (Å²) in [6, 6.07) is 0. The maximum atomic E-state index is 11.0. The molecule has 1 heterocycles. The summed E-state index contributed by atoms with van der Waals surface area (Å²) in [7, 11) is 0. The van der Waals surface area contributed by atoms with Crippen LogP contribution in [0.4, 0.5) is 0 Å². The Kier molecular flexibility index (Phi) is 3.13. The molecule has 1 aliphatic rings. The van der Waals surface area contributed by atoms with Gasteiger partial charge >= 0.3 is 11.9 Å². The molecule has 4 heteroatoms. The van der Waals surface area contributed by atoms with Gasteiger partial charge < -0.3 is 9.47 Å². The summed E-state index contributed by atoms with van der Waals surface area (Å²) in [5, 5.41) is 0. The van der Waals surface area contributed by atoms with E-state index in [-0.39, 0.29) is 17.9 Å². The van der Waals surface area contributed by atoms with E-state index in [9.17, 15) is 9.59 Å². The van der Waals surface area contributed by atoms with Crippen molar-refractivity contribution < 1.29 is 19.1 Å². The number of carbonyl (C=O) groups excluding carboxylic acids is 2. The lowest BCUT2D eigenvalue weighted by Crippen LogP contribution is -2.28. The van der Waals surface area contributed by atoms with Gasteiger partial charge in [0.15, 0.2) is 0 Å². The molecule has 4 nitrogen and oxygen atoms in total. The van der Waals surface area contributed by atoms with Gasteiger partial charge in [-0.05, 0) is 20.3 Å². The first-order valence-corrected chi connectivity index (χ1v) is 4.77. The molecule has 80 valence electrons. The van der Waals surface area contributed by atoms with Crippen LogP contribution < -0.4 is 0 Å². The molecule has 1 unspecified atom stereocenters. The molecular weight excluding hydrogens is 184 g/mol. The minimum Gasteiger partial charge on any atom is -0.466 e. The monoisotopic (exact) mass is 200 g/mol. The van der Waals surface area contributed by atoms with Crippen molar-refractivity contribution in [3.63, 3.8) is 0 Å². The van der Waals surface area contributed by atoms with Crippen LogP contribution in [-0.2, 0) is 19.1 Å². The summed E-state index contributed by atoms with van der Waals surface area (Å²) in [6.07, 6.45) is 1.10. The van der Waals surface area contributed by atoms with Gasteiger partial charge in [0.2, 0.25) is 0 Å². The van der Waals surface area contributed by atoms with Crippen molar-refractivity contribution in [1.29, 1.82) is 0 Å². The van der Waals surface area contributed by atoms with Crippen LogP contribution in [0.25, 0.3) is 0 Å².